The predicted molar refractivity (Wildman–Crippen MR) is 88.9 cm³/mol. The van der Waals surface area contributed by atoms with Gasteiger partial charge in [-0.3, -0.25) is 0 Å². The molecule has 0 aliphatic carbocycles. The first-order valence-corrected chi connectivity index (χ1v) is 8.39. The summed E-state index contributed by atoms with van der Waals surface area (Å²) in [6.45, 7) is 4.99. The van der Waals surface area contributed by atoms with Crippen LogP contribution in [0.15, 0.2) is 28.9 Å². The van der Waals surface area contributed by atoms with Crippen molar-refractivity contribution in [3.05, 3.63) is 44.3 Å². The van der Waals surface area contributed by atoms with Crippen LogP contribution in [-0.4, -0.2) is 17.6 Å². The van der Waals surface area contributed by atoms with Gasteiger partial charge in [-0.15, -0.1) is 11.3 Å². The Morgan fingerprint density at radius 1 is 1.43 bits per heavy atom. The summed E-state index contributed by atoms with van der Waals surface area (Å²) in [5, 5.41) is 4.48. The summed E-state index contributed by atoms with van der Waals surface area (Å²) < 4.78 is 5.82. The average molecular weight is 369 g/mol. The van der Waals surface area contributed by atoms with Crippen molar-refractivity contribution >= 4 is 38.9 Å². The molecule has 0 saturated carbocycles. The number of benzene rings is 1. The predicted octanol–water partition coefficient (Wildman–Crippen LogP) is 4.26. The van der Waals surface area contributed by atoms with Crippen molar-refractivity contribution in [1.29, 1.82) is 0 Å². The summed E-state index contributed by atoms with van der Waals surface area (Å²) >= 11 is 5.19. The van der Waals surface area contributed by atoms with Gasteiger partial charge < -0.3 is 10.1 Å². The van der Waals surface area contributed by atoms with E-state index in [1.807, 2.05) is 12.3 Å². The summed E-state index contributed by atoms with van der Waals surface area (Å²) in [5.74, 6) is -0.306. The van der Waals surface area contributed by atoms with E-state index in [1.54, 1.807) is 30.4 Å². The maximum atomic E-state index is 11.7. The standard InChI is InChI=1S/C15H17BrN2O2S/c1-3-14-18-9-11(21-14)8-17-13-6-5-10(7-12(13)16)15(19)20-4-2/h5-7,9,17H,3-4,8H2,1-2H3. The summed E-state index contributed by atoms with van der Waals surface area (Å²) in [4.78, 5) is 17.2. The number of aromatic nitrogens is 1. The molecule has 112 valence electrons. The lowest BCUT2D eigenvalue weighted by Gasteiger charge is -2.09. The number of carbonyl (C=O) groups is 1. The van der Waals surface area contributed by atoms with Crippen molar-refractivity contribution in [2.75, 3.05) is 11.9 Å². The second kappa shape index (κ2) is 7.56. The third-order valence-corrected chi connectivity index (χ3v) is 4.63. The third kappa shape index (κ3) is 4.28. The van der Waals surface area contributed by atoms with Gasteiger partial charge >= 0.3 is 5.97 Å². The Balaban J connectivity index is 2.02. The largest absolute Gasteiger partial charge is 0.462 e. The van der Waals surface area contributed by atoms with Crippen LogP contribution in [0.4, 0.5) is 5.69 Å². The van der Waals surface area contributed by atoms with E-state index in [1.165, 1.54) is 4.88 Å². The highest BCUT2D eigenvalue weighted by Gasteiger charge is 2.09. The van der Waals surface area contributed by atoms with Gasteiger partial charge in [0, 0.05) is 21.2 Å². The molecule has 0 saturated heterocycles. The molecule has 0 unspecified atom stereocenters. The monoisotopic (exact) mass is 368 g/mol. The molecule has 0 spiro atoms. The molecule has 1 aromatic heterocycles. The lowest BCUT2D eigenvalue weighted by Crippen LogP contribution is -2.05. The van der Waals surface area contributed by atoms with Crippen LogP contribution in [0.1, 0.15) is 34.1 Å². The second-order valence-electron chi connectivity index (χ2n) is 4.34. The molecule has 0 aliphatic heterocycles. The average Bonchev–Trinajstić information content (AvgIpc) is 2.94. The minimum Gasteiger partial charge on any atom is -0.462 e. The van der Waals surface area contributed by atoms with E-state index in [0.29, 0.717) is 12.2 Å². The highest BCUT2D eigenvalue weighted by molar-refractivity contribution is 9.10. The molecule has 4 nitrogen and oxygen atoms in total. The van der Waals surface area contributed by atoms with Crippen LogP contribution in [0.25, 0.3) is 0 Å². The van der Waals surface area contributed by atoms with Crippen molar-refractivity contribution in [2.45, 2.75) is 26.8 Å². The maximum absolute atomic E-state index is 11.7. The Bertz CT molecular complexity index is 628. The fourth-order valence-corrected chi connectivity index (χ4v) is 3.10. The summed E-state index contributed by atoms with van der Waals surface area (Å²) in [6.07, 6.45) is 2.86. The van der Waals surface area contributed by atoms with E-state index in [2.05, 4.69) is 33.2 Å². The number of nitrogens with one attached hydrogen (secondary N) is 1. The molecule has 6 heteroatoms. The second-order valence-corrected chi connectivity index (χ2v) is 6.40. The van der Waals surface area contributed by atoms with Crippen LogP contribution in [0.2, 0.25) is 0 Å². The fraction of sp³-hybridized carbons (Fsp3) is 0.333. The Morgan fingerprint density at radius 2 is 2.24 bits per heavy atom. The van der Waals surface area contributed by atoms with Crippen LogP contribution in [0.3, 0.4) is 0 Å². The molecule has 0 amide bonds. The van der Waals surface area contributed by atoms with E-state index in [9.17, 15) is 4.79 Å². The quantitative estimate of drug-likeness (QED) is 0.774. The molecule has 0 fully saturated rings. The van der Waals surface area contributed by atoms with E-state index in [-0.39, 0.29) is 5.97 Å². The zero-order valence-corrected chi connectivity index (χ0v) is 14.4. The van der Waals surface area contributed by atoms with Gasteiger partial charge in [0.1, 0.15) is 0 Å². The van der Waals surface area contributed by atoms with Gasteiger partial charge in [0.25, 0.3) is 0 Å². The number of hydrogen-bond donors (Lipinski definition) is 1. The van der Waals surface area contributed by atoms with Crippen LogP contribution < -0.4 is 5.32 Å². The number of nitrogens with zero attached hydrogens (tertiary/aromatic N) is 1. The van der Waals surface area contributed by atoms with Crippen LogP contribution in [-0.2, 0) is 17.7 Å². The van der Waals surface area contributed by atoms with Crippen molar-refractivity contribution in [3.8, 4) is 0 Å². The molecule has 0 radical (unpaired) electrons. The molecule has 2 rings (SSSR count). The van der Waals surface area contributed by atoms with Gasteiger partial charge in [0.15, 0.2) is 0 Å². The van der Waals surface area contributed by atoms with Crippen LogP contribution >= 0.6 is 27.3 Å². The molecule has 0 aliphatic rings. The number of halogens is 1. The van der Waals surface area contributed by atoms with Crippen LogP contribution in [0.5, 0.6) is 0 Å². The molecular formula is C15H17BrN2O2S. The normalized spacial score (nSPS) is 10.4. The first-order chi connectivity index (χ1) is 10.1. The Hall–Kier alpha value is -1.40. The highest BCUT2D eigenvalue weighted by Crippen LogP contribution is 2.25. The number of thiazole rings is 1. The maximum Gasteiger partial charge on any atom is 0.338 e. The zero-order chi connectivity index (χ0) is 15.2. The Labute approximate surface area is 136 Å². The molecular weight excluding hydrogens is 352 g/mol. The van der Waals surface area contributed by atoms with Gasteiger partial charge in [0.05, 0.1) is 23.7 Å². The number of carbonyl (C=O) groups excluding carboxylic acids is 1. The minimum absolute atomic E-state index is 0.306. The Morgan fingerprint density at radius 3 is 2.86 bits per heavy atom. The van der Waals surface area contributed by atoms with Gasteiger partial charge in [0.2, 0.25) is 0 Å². The van der Waals surface area contributed by atoms with E-state index in [4.69, 9.17) is 4.74 Å². The first kappa shape index (κ1) is 16.0. The van der Waals surface area contributed by atoms with Gasteiger partial charge in [-0.25, -0.2) is 9.78 Å². The molecule has 0 atom stereocenters. The molecule has 0 bridgehead atoms. The SMILES string of the molecule is CCOC(=O)c1ccc(NCc2cnc(CC)s2)c(Br)c1. The molecule has 1 aromatic carbocycles. The molecule has 1 N–H and O–H groups in total. The lowest BCUT2D eigenvalue weighted by atomic mass is 10.2. The number of hydrogen-bond acceptors (Lipinski definition) is 5. The molecule has 21 heavy (non-hydrogen) atoms. The van der Waals surface area contributed by atoms with Gasteiger partial charge in [-0.05, 0) is 47.5 Å². The van der Waals surface area contributed by atoms with Crippen molar-refractivity contribution in [1.82, 2.24) is 4.98 Å². The minimum atomic E-state index is -0.306. The lowest BCUT2D eigenvalue weighted by molar-refractivity contribution is 0.0526. The first-order valence-electron chi connectivity index (χ1n) is 6.78. The smallest absolute Gasteiger partial charge is 0.338 e. The third-order valence-electron chi connectivity index (χ3n) is 2.84. The summed E-state index contributed by atoms with van der Waals surface area (Å²) in [6, 6.07) is 5.40. The number of esters is 1. The van der Waals surface area contributed by atoms with Crippen molar-refractivity contribution < 1.29 is 9.53 Å². The Kier molecular flexibility index (Phi) is 5.76. The van der Waals surface area contributed by atoms with Crippen LogP contribution in [0, 0.1) is 0 Å². The van der Waals surface area contributed by atoms with E-state index >= 15 is 0 Å². The topological polar surface area (TPSA) is 51.2 Å². The molecule has 2 aromatic rings. The molecule has 1 heterocycles. The zero-order valence-electron chi connectivity index (χ0n) is 12.0. The van der Waals surface area contributed by atoms with Gasteiger partial charge in [-0.1, -0.05) is 6.92 Å². The van der Waals surface area contributed by atoms with E-state index in [0.717, 1.165) is 28.1 Å². The van der Waals surface area contributed by atoms with Gasteiger partial charge in [-0.2, -0.15) is 0 Å². The number of anilines is 1. The number of aryl methyl sites for hydroxylation is 1. The number of ether oxygens (including phenoxy) is 1. The van der Waals surface area contributed by atoms with Crippen molar-refractivity contribution in [3.63, 3.8) is 0 Å². The van der Waals surface area contributed by atoms with E-state index < -0.39 is 0 Å². The summed E-state index contributed by atoms with van der Waals surface area (Å²) in [7, 11) is 0. The van der Waals surface area contributed by atoms with Crippen molar-refractivity contribution in [2.24, 2.45) is 0 Å². The highest BCUT2D eigenvalue weighted by atomic mass is 79.9. The summed E-state index contributed by atoms with van der Waals surface area (Å²) in [5.41, 5.74) is 1.48. The number of rotatable bonds is 6. The fourth-order valence-electron chi connectivity index (χ4n) is 1.78.